The lowest BCUT2D eigenvalue weighted by Crippen LogP contribution is -2.54. The van der Waals surface area contributed by atoms with Crippen LogP contribution in [0.2, 0.25) is 0 Å². The smallest absolute Gasteiger partial charge is 0.417 e. The van der Waals surface area contributed by atoms with Crippen LogP contribution in [-0.4, -0.2) is 159 Å². The SMILES string of the molecule is COc1cnc(OC)n2nc(NS(=O)(=O)c3c(OCCOCCN4CCC(CCCN5CCN(c6ccc7c(c6)C(=O)N(C6CCC(=O)NC6=O)C7=O)CC5)CC4)cccc3C(F)(F)F)nc12. The summed E-state index contributed by atoms with van der Waals surface area (Å²) >= 11 is 0. The van der Waals surface area contributed by atoms with Crippen LogP contribution in [0.25, 0.3) is 5.65 Å². The van der Waals surface area contributed by atoms with Gasteiger partial charge in [-0.1, -0.05) is 6.07 Å². The molecule has 1 atom stereocenters. The minimum atomic E-state index is -5.04. The number of carbonyl (C=O) groups is 4. The number of hydrogen-bond donors (Lipinski definition) is 2. The number of piperazine rings is 1. The molecule has 67 heavy (non-hydrogen) atoms. The number of hydrogen-bond acceptors (Lipinski definition) is 16. The van der Waals surface area contributed by atoms with Gasteiger partial charge in [-0.25, -0.2) is 13.1 Å². The summed E-state index contributed by atoms with van der Waals surface area (Å²) in [4.78, 5) is 65.3. The number of methoxy groups -OCH3 is 2. The van der Waals surface area contributed by atoms with E-state index in [1.165, 1.54) is 20.4 Å². The summed E-state index contributed by atoms with van der Waals surface area (Å²) in [6.45, 7) is 6.89. The number of halogens is 3. The molecule has 1 unspecified atom stereocenters. The molecule has 4 aliphatic rings. The topological polar surface area (TPSA) is 219 Å². The van der Waals surface area contributed by atoms with E-state index in [-0.39, 0.29) is 54.6 Å². The summed E-state index contributed by atoms with van der Waals surface area (Å²) in [6.07, 6.45) is 0.715. The molecule has 20 nitrogen and oxygen atoms in total. The number of nitrogens with zero attached hydrogens (tertiary/aromatic N) is 8. The van der Waals surface area contributed by atoms with Crippen molar-refractivity contribution in [3.05, 3.63) is 59.3 Å². The van der Waals surface area contributed by atoms with Gasteiger partial charge >= 0.3 is 12.2 Å². The lowest BCUT2D eigenvalue weighted by atomic mass is 9.92. The summed E-state index contributed by atoms with van der Waals surface area (Å²) in [7, 11) is -2.34. The Hall–Kier alpha value is -6.11. The van der Waals surface area contributed by atoms with E-state index in [0.29, 0.717) is 25.1 Å². The van der Waals surface area contributed by atoms with Crippen LogP contribution in [0.4, 0.5) is 24.8 Å². The number of piperidine rings is 2. The van der Waals surface area contributed by atoms with E-state index < -0.39 is 68.0 Å². The number of nitrogens with one attached hydrogen (secondary N) is 2. The minimum absolute atomic E-state index is 0.00763. The maximum absolute atomic E-state index is 14.2. The number of rotatable bonds is 18. The molecule has 0 saturated carbocycles. The van der Waals surface area contributed by atoms with Gasteiger partial charge in [-0.2, -0.15) is 27.7 Å². The first-order chi connectivity index (χ1) is 32.1. The Morgan fingerprint density at radius 2 is 1.60 bits per heavy atom. The molecule has 4 amide bonds. The van der Waals surface area contributed by atoms with Crippen LogP contribution >= 0.6 is 0 Å². The quantitative estimate of drug-likeness (QED) is 0.108. The van der Waals surface area contributed by atoms with Crippen LogP contribution in [0, 0.1) is 5.92 Å². The lowest BCUT2D eigenvalue weighted by Gasteiger charge is -2.37. The highest BCUT2D eigenvalue weighted by molar-refractivity contribution is 7.92. The Morgan fingerprint density at radius 1 is 0.851 bits per heavy atom. The van der Waals surface area contributed by atoms with Crippen LogP contribution in [-0.2, 0) is 30.5 Å². The van der Waals surface area contributed by atoms with Crippen LogP contribution in [0.1, 0.15) is 64.8 Å². The number of benzene rings is 2. The molecule has 4 aliphatic heterocycles. The summed E-state index contributed by atoms with van der Waals surface area (Å²) < 4.78 is 94.3. The monoisotopic (exact) mass is 956 g/mol. The number of carbonyl (C=O) groups excluding carboxylic acids is 4. The fourth-order valence-corrected chi connectivity index (χ4v) is 10.2. The van der Waals surface area contributed by atoms with Crippen LogP contribution in [0.15, 0.2) is 47.5 Å². The molecule has 3 saturated heterocycles. The van der Waals surface area contributed by atoms with Gasteiger partial charge in [0.25, 0.3) is 27.8 Å². The third-order valence-corrected chi connectivity index (χ3v) is 13.9. The first kappa shape index (κ1) is 47.4. The molecular weight excluding hydrogens is 906 g/mol. The van der Waals surface area contributed by atoms with Gasteiger partial charge in [-0.15, -0.1) is 5.10 Å². The van der Waals surface area contributed by atoms with Gasteiger partial charge in [-0.05, 0) is 88.0 Å². The van der Waals surface area contributed by atoms with Gasteiger partial charge in [0, 0.05) is 44.8 Å². The molecule has 2 N–H and O–H groups in total. The van der Waals surface area contributed by atoms with Gasteiger partial charge in [0.05, 0.1) is 50.3 Å². The number of fused-ring (bicyclic) bond motifs is 2. The maximum atomic E-state index is 14.2. The molecule has 0 radical (unpaired) electrons. The second-order valence-corrected chi connectivity index (χ2v) is 18.2. The zero-order chi connectivity index (χ0) is 47.5. The third-order valence-electron chi connectivity index (χ3n) is 12.5. The van der Waals surface area contributed by atoms with Gasteiger partial charge in [0.15, 0.2) is 5.75 Å². The highest BCUT2D eigenvalue weighted by Gasteiger charge is 2.45. The number of alkyl halides is 3. The van der Waals surface area contributed by atoms with Crippen molar-refractivity contribution >= 4 is 50.9 Å². The number of anilines is 2. The molecular formula is C43H51F3N10O10S. The largest absolute Gasteiger partial charge is 0.491 e. The molecule has 3 fully saturated rings. The average Bonchev–Trinajstić information content (AvgIpc) is 3.84. The molecule has 2 aromatic heterocycles. The van der Waals surface area contributed by atoms with Crippen molar-refractivity contribution in [1.29, 1.82) is 0 Å². The fourth-order valence-electron chi connectivity index (χ4n) is 8.95. The summed E-state index contributed by atoms with van der Waals surface area (Å²) in [6, 6.07) is 7.00. The van der Waals surface area contributed by atoms with Crippen LogP contribution in [0.5, 0.6) is 17.5 Å². The Balaban J connectivity index is 0.734. The number of aromatic nitrogens is 4. The molecule has 4 aromatic rings. The van der Waals surface area contributed by atoms with Crippen molar-refractivity contribution in [2.45, 2.75) is 55.6 Å². The summed E-state index contributed by atoms with van der Waals surface area (Å²) in [5.74, 6) is -2.43. The van der Waals surface area contributed by atoms with Gasteiger partial charge in [0.1, 0.15) is 23.3 Å². The second-order valence-electron chi connectivity index (χ2n) is 16.6. The van der Waals surface area contributed by atoms with Gasteiger partial charge in [0.2, 0.25) is 17.5 Å². The average molecular weight is 957 g/mol. The number of sulfonamides is 1. The van der Waals surface area contributed by atoms with Crippen molar-refractivity contribution in [2.75, 3.05) is 96.0 Å². The van der Waals surface area contributed by atoms with E-state index in [2.05, 4.69) is 35.1 Å². The number of amides is 4. The summed E-state index contributed by atoms with van der Waals surface area (Å²) in [5, 5.41) is 6.22. The number of imide groups is 2. The first-order valence-electron chi connectivity index (χ1n) is 22.0. The van der Waals surface area contributed by atoms with Crippen LogP contribution in [0.3, 0.4) is 0 Å². The Morgan fingerprint density at radius 3 is 2.31 bits per heavy atom. The molecule has 6 heterocycles. The van der Waals surface area contributed by atoms with Gasteiger partial charge < -0.3 is 28.7 Å². The molecule has 2 aromatic carbocycles. The van der Waals surface area contributed by atoms with E-state index in [9.17, 15) is 40.8 Å². The molecule has 24 heteroatoms. The highest BCUT2D eigenvalue weighted by atomic mass is 32.2. The van der Waals surface area contributed by atoms with E-state index in [1.807, 2.05) is 10.8 Å². The van der Waals surface area contributed by atoms with E-state index in [1.54, 1.807) is 12.1 Å². The Labute approximate surface area is 383 Å². The summed E-state index contributed by atoms with van der Waals surface area (Å²) in [5.41, 5.74) is -0.0298. The Kier molecular flexibility index (Phi) is 14.1. The van der Waals surface area contributed by atoms with E-state index in [0.717, 1.165) is 98.7 Å². The second kappa shape index (κ2) is 20.0. The zero-order valence-corrected chi connectivity index (χ0v) is 37.7. The molecule has 0 spiro atoms. The molecule has 360 valence electrons. The first-order valence-corrected chi connectivity index (χ1v) is 23.5. The number of likely N-dealkylation sites (tertiary alicyclic amines) is 1. The Bertz CT molecular complexity index is 2580. The van der Waals surface area contributed by atoms with Crippen molar-refractivity contribution in [3.63, 3.8) is 0 Å². The van der Waals surface area contributed by atoms with Crippen molar-refractivity contribution < 1.29 is 59.7 Å². The molecule has 8 rings (SSSR count). The van der Waals surface area contributed by atoms with E-state index in [4.69, 9.17) is 18.9 Å². The predicted molar refractivity (Wildman–Crippen MR) is 233 cm³/mol. The van der Waals surface area contributed by atoms with Crippen LogP contribution < -0.4 is 29.1 Å². The zero-order valence-electron chi connectivity index (χ0n) is 36.9. The van der Waals surface area contributed by atoms with Crippen molar-refractivity contribution in [1.82, 2.24) is 39.6 Å². The van der Waals surface area contributed by atoms with Crippen molar-refractivity contribution in [3.8, 4) is 17.5 Å². The highest BCUT2D eigenvalue weighted by Crippen LogP contribution is 2.40. The molecule has 0 aliphatic carbocycles. The maximum Gasteiger partial charge on any atom is 0.417 e. The third kappa shape index (κ3) is 10.4. The fraction of sp³-hybridized carbons (Fsp3) is 0.512. The standard InChI is InChI=1S/C43H51F3N10O10S/c1-63-34-26-47-42(64-2)56-37(34)49-41(50-56)51-67(61,62)36-31(43(44,45)46)6-3-7-33(36)66-24-23-65-22-21-53-15-12-27(13-16-53)5-4-14-52-17-19-54(20-18-52)28-8-9-29-30(25-28)40(60)55(39(29)59)32-10-11-35(57)48-38(32)58/h3,6-9,25-27,32H,4-5,10-24H2,1-2H3,(H,50,51)(H,48,57,58). The lowest BCUT2D eigenvalue weighted by molar-refractivity contribution is -0.140. The number of ether oxygens (including phenoxy) is 4. The van der Waals surface area contributed by atoms with Crippen molar-refractivity contribution in [2.24, 2.45) is 5.92 Å². The predicted octanol–water partition coefficient (Wildman–Crippen LogP) is 3.07. The molecule has 0 bridgehead atoms. The normalized spacial score (nSPS) is 19.0. The minimum Gasteiger partial charge on any atom is -0.491 e. The van der Waals surface area contributed by atoms with E-state index >= 15 is 0 Å². The van der Waals surface area contributed by atoms with Gasteiger partial charge in [-0.3, -0.25) is 34.3 Å².